The summed E-state index contributed by atoms with van der Waals surface area (Å²) in [5, 5.41) is 7.51. The Labute approximate surface area is 162 Å². The predicted octanol–water partition coefficient (Wildman–Crippen LogP) is 4.66. The number of esters is 2. The molecule has 0 aromatic heterocycles. The van der Waals surface area contributed by atoms with Crippen molar-refractivity contribution in [2.24, 2.45) is 0 Å². The number of ether oxygens (including phenoxy) is 2. The number of carbonyl (C=O) groups is 2. The molecule has 144 valence electrons. The molecular weight excluding hydrogens is 342 g/mol. The van der Waals surface area contributed by atoms with E-state index in [1.807, 2.05) is 36.4 Å². The van der Waals surface area contributed by atoms with Crippen molar-refractivity contribution in [2.75, 3.05) is 14.2 Å². The number of nitrogens with zero attached hydrogens (tertiary/aromatic N) is 1. The summed E-state index contributed by atoms with van der Waals surface area (Å²) in [5.41, 5.74) is 1.27. The van der Waals surface area contributed by atoms with Crippen LogP contribution in [0.3, 0.4) is 0 Å². The zero-order valence-electron chi connectivity index (χ0n) is 16.0. The molecule has 0 aliphatic heterocycles. The molecule has 0 fully saturated rings. The third-order valence-electron chi connectivity index (χ3n) is 2.35. The lowest BCUT2D eigenvalue weighted by molar-refractivity contribution is -0.143. The monoisotopic (exact) mass is 369 g/mol. The molecule has 27 heavy (non-hydrogen) atoms. The van der Waals surface area contributed by atoms with Gasteiger partial charge in [-0.05, 0) is 5.56 Å². The molecule has 0 spiro atoms. The fraction of sp³-hybridized carbons (Fsp3) is 0.136. The van der Waals surface area contributed by atoms with Crippen LogP contribution in [0.1, 0.15) is 12.0 Å². The molecule has 5 heteroatoms. The second-order valence-corrected chi connectivity index (χ2v) is 4.27. The molecule has 0 unspecified atom stereocenters. The number of rotatable bonds is 5. The van der Waals surface area contributed by atoms with Crippen molar-refractivity contribution >= 4 is 18.0 Å². The molecule has 0 amide bonds. The lowest BCUT2D eigenvalue weighted by atomic mass is 10.2. The van der Waals surface area contributed by atoms with Crippen molar-refractivity contribution in [3.63, 3.8) is 0 Å². The molecule has 0 saturated carbocycles. The Bertz CT molecular complexity index is 634. The van der Waals surface area contributed by atoms with Crippen molar-refractivity contribution in [1.29, 1.82) is 5.26 Å². The molecule has 0 heterocycles. The molecule has 0 aliphatic carbocycles. The summed E-state index contributed by atoms with van der Waals surface area (Å²) in [6.07, 6.45) is 6.17. The molecule has 5 nitrogen and oxygen atoms in total. The van der Waals surface area contributed by atoms with E-state index in [0.29, 0.717) is 0 Å². The Morgan fingerprint density at radius 2 is 1.52 bits per heavy atom. The van der Waals surface area contributed by atoms with Gasteiger partial charge < -0.3 is 9.47 Å². The van der Waals surface area contributed by atoms with Gasteiger partial charge in [0, 0.05) is 11.6 Å². The molecule has 0 N–H and O–H groups in total. The molecule has 0 bridgehead atoms. The van der Waals surface area contributed by atoms with Gasteiger partial charge in [0.25, 0.3) is 0 Å². The van der Waals surface area contributed by atoms with Crippen LogP contribution in [0.25, 0.3) is 6.08 Å². The molecule has 0 atom stereocenters. The number of hydrogen-bond acceptors (Lipinski definition) is 5. The molecule has 1 aromatic carbocycles. The van der Waals surface area contributed by atoms with Crippen LogP contribution in [0.15, 0.2) is 87.0 Å². The molecule has 0 radical (unpaired) electrons. The zero-order chi connectivity index (χ0) is 21.5. The number of allylic oxidation sites excluding steroid dienone is 3. The summed E-state index contributed by atoms with van der Waals surface area (Å²) >= 11 is 0. The minimum Gasteiger partial charge on any atom is -0.469 e. The van der Waals surface area contributed by atoms with Gasteiger partial charge in [-0.3, -0.25) is 4.79 Å². The summed E-state index contributed by atoms with van der Waals surface area (Å²) in [6.45, 7) is 16.8. The van der Waals surface area contributed by atoms with E-state index in [4.69, 9.17) is 5.26 Å². The zero-order valence-corrected chi connectivity index (χ0v) is 16.0. The van der Waals surface area contributed by atoms with E-state index in [2.05, 4.69) is 42.4 Å². The minimum absolute atomic E-state index is 0.0966. The topological polar surface area (TPSA) is 76.4 Å². The average molecular weight is 369 g/mol. The van der Waals surface area contributed by atoms with Crippen molar-refractivity contribution in [2.45, 2.75) is 6.42 Å². The van der Waals surface area contributed by atoms with Gasteiger partial charge in [0.2, 0.25) is 0 Å². The van der Waals surface area contributed by atoms with E-state index >= 15 is 0 Å². The first-order valence-electron chi connectivity index (χ1n) is 7.62. The normalized spacial score (nSPS) is 7.30. The highest BCUT2D eigenvalue weighted by molar-refractivity contribution is 5.93. The number of benzene rings is 1. The maximum atomic E-state index is 10.6. The van der Waals surface area contributed by atoms with Gasteiger partial charge in [-0.15, -0.1) is 0 Å². The predicted molar refractivity (Wildman–Crippen MR) is 111 cm³/mol. The van der Waals surface area contributed by atoms with Gasteiger partial charge >= 0.3 is 11.9 Å². The average Bonchev–Trinajstić information content (AvgIpc) is 2.74. The highest BCUT2D eigenvalue weighted by atomic mass is 16.5. The summed E-state index contributed by atoms with van der Waals surface area (Å²) in [6, 6.07) is 11.7. The van der Waals surface area contributed by atoms with Crippen molar-refractivity contribution in [3.8, 4) is 6.07 Å². The third kappa shape index (κ3) is 22.4. The van der Waals surface area contributed by atoms with Crippen LogP contribution in [0.5, 0.6) is 0 Å². The van der Waals surface area contributed by atoms with Crippen molar-refractivity contribution in [3.05, 3.63) is 92.6 Å². The number of hydrogen-bond donors (Lipinski definition) is 0. The number of methoxy groups -OCH3 is 2. The Kier molecular flexibility index (Phi) is 23.3. The van der Waals surface area contributed by atoms with Crippen molar-refractivity contribution < 1.29 is 19.1 Å². The SMILES string of the molecule is C=C(CC(=O)OC)C(=O)OC.C=CC#N.C=CC=C.C=Cc1ccccc1. The Hall–Kier alpha value is -3.65. The first kappa shape index (κ1) is 28.2. The standard InChI is InChI=1S/C8H8.C7H10O4.C4H6.C3H3N/c1-2-8-6-4-3-5-7-8;1-5(7(9)11-3)4-6(8)10-2;1-3-4-2;1-2-3-4/h2-7H,1H2;1,4H2,2-3H3;3-4H,1-2H2;2H,1H2. The fourth-order valence-corrected chi connectivity index (χ4v) is 1.05. The van der Waals surface area contributed by atoms with Crippen LogP contribution >= 0.6 is 0 Å². The van der Waals surface area contributed by atoms with E-state index in [9.17, 15) is 9.59 Å². The Morgan fingerprint density at radius 1 is 1.04 bits per heavy atom. The lowest BCUT2D eigenvalue weighted by Crippen LogP contribution is -2.09. The summed E-state index contributed by atoms with van der Waals surface area (Å²) < 4.78 is 8.62. The van der Waals surface area contributed by atoms with Crippen LogP contribution in [0.4, 0.5) is 0 Å². The first-order chi connectivity index (χ1) is 12.9. The molecule has 0 saturated heterocycles. The maximum absolute atomic E-state index is 10.6. The van der Waals surface area contributed by atoms with E-state index < -0.39 is 11.9 Å². The first-order valence-corrected chi connectivity index (χ1v) is 7.62. The van der Waals surface area contributed by atoms with Gasteiger partial charge in [-0.25, -0.2) is 4.79 Å². The quantitative estimate of drug-likeness (QED) is 0.326. The molecule has 1 aromatic rings. The van der Waals surface area contributed by atoms with Crippen molar-refractivity contribution in [1.82, 2.24) is 0 Å². The smallest absolute Gasteiger partial charge is 0.333 e. The van der Waals surface area contributed by atoms with Gasteiger partial charge in [0.1, 0.15) is 0 Å². The van der Waals surface area contributed by atoms with Crippen LogP contribution in [-0.2, 0) is 19.1 Å². The Balaban J connectivity index is -0.000000314. The summed E-state index contributed by atoms with van der Waals surface area (Å²) in [5.74, 6) is -1.09. The molecule has 1 rings (SSSR count). The van der Waals surface area contributed by atoms with E-state index in [-0.39, 0.29) is 12.0 Å². The summed E-state index contributed by atoms with van der Waals surface area (Å²) in [7, 11) is 2.47. The van der Waals surface area contributed by atoms with Crippen LogP contribution in [0, 0.1) is 11.3 Å². The van der Waals surface area contributed by atoms with Gasteiger partial charge in [0.05, 0.1) is 26.7 Å². The van der Waals surface area contributed by atoms with E-state index in [1.165, 1.54) is 25.9 Å². The maximum Gasteiger partial charge on any atom is 0.333 e. The van der Waals surface area contributed by atoms with Crippen LogP contribution in [0.2, 0.25) is 0 Å². The number of carbonyl (C=O) groups excluding carboxylic acids is 2. The molecule has 0 aliphatic rings. The Morgan fingerprint density at radius 3 is 1.78 bits per heavy atom. The van der Waals surface area contributed by atoms with Crippen LogP contribution in [-0.4, -0.2) is 26.2 Å². The third-order valence-corrected chi connectivity index (χ3v) is 2.35. The highest BCUT2D eigenvalue weighted by Gasteiger charge is 2.11. The second kappa shape index (κ2) is 22.4. The second-order valence-electron chi connectivity index (χ2n) is 4.27. The fourth-order valence-electron chi connectivity index (χ4n) is 1.05. The van der Waals surface area contributed by atoms with E-state index in [0.717, 1.165) is 0 Å². The largest absolute Gasteiger partial charge is 0.469 e. The van der Waals surface area contributed by atoms with Gasteiger partial charge in [0.15, 0.2) is 0 Å². The van der Waals surface area contributed by atoms with Gasteiger partial charge in [-0.2, -0.15) is 5.26 Å². The number of nitriles is 1. The van der Waals surface area contributed by atoms with Gasteiger partial charge in [-0.1, -0.05) is 81.5 Å². The lowest BCUT2D eigenvalue weighted by Gasteiger charge is -2.00. The molecular formula is C22H27NO4. The summed E-state index contributed by atoms with van der Waals surface area (Å²) in [4.78, 5) is 21.2. The highest BCUT2D eigenvalue weighted by Crippen LogP contribution is 2.00. The van der Waals surface area contributed by atoms with E-state index in [1.54, 1.807) is 18.2 Å². The minimum atomic E-state index is -0.588. The van der Waals surface area contributed by atoms with Crippen LogP contribution < -0.4 is 0 Å².